The molecule has 0 aliphatic heterocycles. The summed E-state index contributed by atoms with van der Waals surface area (Å²) >= 11 is 0. The minimum Gasteiger partial charge on any atom is -0.494 e. The van der Waals surface area contributed by atoms with Gasteiger partial charge in [0.1, 0.15) is 18.1 Å². The third kappa shape index (κ3) is 8.46. The molecule has 8 heteroatoms. The predicted octanol–water partition coefficient (Wildman–Crippen LogP) is 6.40. The fourth-order valence-electron chi connectivity index (χ4n) is 3.88. The number of carbonyl (C=O) groups excluding carboxylic acids is 2. The molecule has 4 rings (SSSR count). The number of aromatic carboxylic acids is 1. The Morgan fingerprint density at radius 1 is 0.700 bits per heavy atom. The molecule has 0 spiro atoms. The number of carboxylic acids is 1. The Morgan fingerprint density at radius 2 is 1.40 bits per heavy atom. The molecule has 8 nitrogen and oxygen atoms in total. The van der Waals surface area contributed by atoms with Gasteiger partial charge >= 0.3 is 5.97 Å². The third-order valence-corrected chi connectivity index (χ3v) is 5.95. The Balaban J connectivity index is 1.18. The largest absolute Gasteiger partial charge is 0.494 e. The maximum Gasteiger partial charge on any atom is 0.335 e. The zero-order valence-electron chi connectivity index (χ0n) is 21.8. The summed E-state index contributed by atoms with van der Waals surface area (Å²) in [4.78, 5) is 36.5. The van der Waals surface area contributed by atoms with Crippen LogP contribution in [-0.2, 0) is 11.4 Å². The summed E-state index contributed by atoms with van der Waals surface area (Å²) in [7, 11) is 0. The molecule has 0 unspecified atom stereocenters. The van der Waals surface area contributed by atoms with Gasteiger partial charge in [-0.1, -0.05) is 48.5 Å². The van der Waals surface area contributed by atoms with E-state index < -0.39 is 11.9 Å². The van der Waals surface area contributed by atoms with Crippen LogP contribution in [0.2, 0.25) is 0 Å². The third-order valence-electron chi connectivity index (χ3n) is 5.95. The zero-order chi connectivity index (χ0) is 28.2. The van der Waals surface area contributed by atoms with Crippen LogP contribution in [0.1, 0.15) is 45.5 Å². The second kappa shape index (κ2) is 14.2. The SMILES string of the molecule is O=C(CCCCOc1ccc(OCc2ccccc2)cc1)Nc1ccccc1C(=O)Nc1cccc(C(=O)O)c1. The molecule has 40 heavy (non-hydrogen) atoms. The first-order chi connectivity index (χ1) is 19.5. The summed E-state index contributed by atoms with van der Waals surface area (Å²) in [6.07, 6.45) is 1.56. The van der Waals surface area contributed by atoms with Crippen molar-refractivity contribution >= 4 is 29.2 Å². The number of hydrogen-bond donors (Lipinski definition) is 3. The number of nitrogens with one attached hydrogen (secondary N) is 2. The average molecular weight is 539 g/mol. The molecule has 0 heterocycles. The monoisotopic (exact) mass is 538 g/mol. The molecular weight excluding hydrogens is 508 g/mol. The number of hydrogen-bond acceptors (Lipinski definition) is 5. The molecule has 0 bridgehead atoms. The molecule has 0 atom stereocenters. The number of ether oxygens (including phenoxy) is 2. The van der Waals surface area contributed by atoms with E-state index in [1.54, 1.807) is 36.4 Å². The molecule has 0 aliphatic carbocycles. The highest BCUT2D eigenvalue weighted by Gasteiger charge is 2.14. The first-order valence-corrected chi connectivity index (χ1v) is 12.9. The van der Waals surface area contributed by atoms with E-state index in [0.717, 1.165) is 17.1 Å². The van der Waals surface area contributed by atoms with Crippen LogP contribution in [0.25, 0.3) is 0 Å². The summed E-state index contributed by atoms with van der Waals surface area (Å²) in [6.45, 7) is 0.963. The van der Waals surface area contributed by atoms with Crippen LogP contribution in [0.15, 0.2) is 103 Å². The molecule has 3 N–H and O–H groups in total. The fraction of sp³-hybridized carbons (Fsp3) is 0.156. The molecule has 0 saturated carbocycles. The van der Waals surface area contributed by atoms with Gasteiger partial charge in [-0.05, 0) is 73.0 Å². The molecule has 0 aromatic heterocycles. The Bertz CT molecular complexity index is 1440. The van der Waals surface area contributed by atoms with Crippen molar-refractivity contribution in [1.82, 2.24) is 0 Å². The smallest absolute Gasteiger partial charge is 0.335 e. The highest BCUT2D eigenvalue weighted by Crippen LogP contribution is 2.20. The lowest BCUT2D eigenvalue weighted by atomic mass is 10.1. The standard InChI is InChI=1S/C32H30N2O6/c35-30(15-6-7-20-39-26-16-18-27(19-17-26)40-22-23-9-2-1-3-10-23)34-29-14-5-4-13-28(29)31(36)33-25-12-8-11-24(21-25)32(37)38/h1-5,8-14,16-19,21H,6-7,15,20,22H2,(H,33,36)(H,34,35)(H,37,38). The maximum absolute atomic E-state index is 12.8. The van der Waals surface area contributed by atoms with Crippen LogP contribution in [0.5, 0.6) is 11.5 Å². The Labute approximate surface area is 232 Å². The second-order valence-electron chi connectivity index (χ2n) is 8.99. The number of benzene rings is 4. The lowest BCUT2D eigenvalue weighted by molar-refractivity contribution is -0.116. The lowest BCUT2D eigenvalue weighted by Crippen LogP contribution is -2.18. The minimum atomic E-state index is -1.09. The summed E-state index contributed by atoms with van der Waals surface area (Å²) in [5, 5.41) is 14.6. The minimum absolute atomic E-state index is 0.0632. The lowest BCUT2D eigenvalue weighted by Gasteiger charge is -2.12. The van der Waals surface area contributed by atoms with Gasteiger partial charge in [0.05, 0.1) is 23.4 Å². The van der Waals surface area contributed by atoms with Gasteiger partial charge < -0.3 is 25.2 Å². The van der Waals surface area contributed by atoms with Gasteiger partial charge in [-0.15, -0.1) is 0 Å². The van der Waals surface area contributed by atoms with Crippen molar-refractivity contribution in [1.29, 1.82) is 0 Å². The van der Waals surface area contributed by atoms with Crippen molar-refractivity contribution in [3.05, 3.63) is 120 Å². The number of anilines is 2. The summed E-state index contributed by atoms with van der Waals surface area (Å²) in [5.74, 6) is -0.270. The van der Waals surface area contributed by atoms with E-state index in [1.807, 2.05) is 54.6 Å². The normalized spacial score (nSPS) is 10.4. The zero-order valence-corrected chi connectivity index (χ0v) is 21.8. The topological polar surface area (TPSA) is 114 Å². The van der Waals surface area contributed by atoms with Crippen molar-refractivity contribution in [3.63, 3.8) is 0 Å². The van der Waals surface area contributed by atoms with Crippen molar-refractivity contribution in [2.75, 3.05) is 17.2 Å². The van der Waals surface area contributed by atoms with Gasteiger partial charge in [-0.3, -0.25) is 9.59 Å². The van der Waals surface area contributed by atoms with Crippen LogP contribution in [0, 0.1) is 0 Å². The van der Waals surface area contributed by atoms with Gasteiger partial charge in [-0.25, -0.2) is 4.79 Å². The molecule has 4 aromatic rings. The fourth-order valence-corrected chi connectivity index (χ4v) is 3.88. The first-order valence-electron chi connectivity index (χ1n) is 12.9. The van der Waals surface area contributed by atoms with Crippen molar-refractivity contribution in [2.24, 2.45) is 0 Å². The molecule has 0 radical (unpaired) electrons. The quantitative estimate of drug-likeness (QED) is 0.170. The maximum atomic E-state index is 12.8. The predicted molar refractivity (Wildman–Crippen MR) is 153 cm³/mol. The van der Waals surface area contributed by atoms with E-state index in [4.69, 9.17) is 14.6 Å². The molecule has 4 aromatic carbocycles. The summed E-state index contributed by atoms with van der Waals surface area (Å²) in [5.41, 5.74) is 2.16. The van der Waals surface area contributed by atoms with Crippen molar-refractivity contribution < 1.29 is 29.0 Å². The Hall–Kier alpha value is -5.11. The number of rotatable bonds is 13. The number of unbranched alkanes of at least 4 members (excludes halogenated alkanes) is 1. The highest BCUT2D eigenvalue weighted by molar-refractivity contribution is 6.10. The van der Waals surface area contributed by atoms with Gasteiger partial charge in [0.15, 0.2) is 0 Å². The number of amides is 2. The molecule has 0 saturated heterocycles. The molecule has 204 valence electrons. The van der Waals surface area contributed by atoms with Gasteiger partial charge in [-0.2, -0.15) is 0 Å². The molecule has 0 fully saturated rings. The van der Waals surface area contributed by atoms with E-state index in [2.05, 4.69) is 10.6 Å². The van der Waals surface area contributed by atoms with Crippen LogP contribution >= 0.6 is 0 Å². The van der Waals surface area contributed by atoms with Gasteiger partial charge in [0.2, 0.25) is 5.91 Å². The van der Waals surface area contributed by atoms with E-state index >= 15 is 0 Å². The van der Waals surface area contributed by atoms with Crippen LogP contribution in [0.3, 0.4) is 0 Å². The number of para-hydroxylation sites is 1. The molecule has 2 amide bonds. The van der Waals surface area contributed by atoms with Crippen LogP contribution in [0.4, 0.5) is 11.4 Å². The number of carboxylic acid groups (broad SMARTS) is 1. The summed E-state index contributed by atoms with van der Waals surface area (Å²) in [6, 6.07) is 30.0. The van der Waals surface area contributed by atoms with Crippen LogP contribution in [-0.4, -0.2) is 29.5 Å². The number of carbonyl (C=O) groups is 3. The second-order valence-corrected chi connectivity index (χ2v) is 8.99. The average Bonchev–Trinajstić information content (AvgIpc) is 2.97. The molecule has 0 aliphatic rings. The van der Waals surface area contributed by atoms with Crippen LogP contribution < -0.4 is 20.1 Å². The van der Waals surface area contributed by atoms with E-state index in [9.17, 15) is 14.4 Å². The molecular formula is C32H30N2O6. The van der Waals surface area contributed by atoms with Gasteiger partial charge in [0.25, 0.3) is 5.91 Å². The van der Waals surface area contributed by atoms with E-state index in [-0.39, 0.29) is 23.5 Å². The first kappa shape index (κ1) is 27.9. The van der Waals surface area contributed by atoms with E-state index in [1.165, 1.54) is 12.1 Å². The highest BCUT2D eigenvalue weighted by atomic mass is 16.5. The summed E-state index contributed by atoms with van der Waals surface area (Å²) < 4.78 is 11.6. The van der Waals surface area contributed by atoms with Crippen molar-refractivity contribution in [2.45, 2.75) is 25.9 Å². The Kier molecular flexibility index (Phi) is 9.88. The van der Waals surface area contributed by atoms with E-state index in [0.29, 0.717) is 37.4 Å². The van der Waals surface area contributed by atoms with Crippen molar-refractivity contribution in [3.8, 4) is 11.5 Å². The van der Waals surface area contributed by atoms with Gasteiger partial charge in [0, 0.05) is 12.1 Å². The Morgan fingerprint density at radius 3 is 2.15 bits per heavy atom.